The first-order valence-corrected chi connectivity index (χ1v) is 12.8. The van der Waals surface area contributed by atoms with Crippen molar-refractivity contribution in [2.45, 2.75) is 43.7 Å². The SMILES string of the molecule is CC(=O)N1c2ccc(-c3cccc(S(C)(=O)=O)c3)cc2N(C(=O)OC2CCOCC2)C[C@@H]1C. The van der Waals surface area contributed by atoms with Gasteiger partial charge in [0.2, 0.25) is 5.91 Å². The van der Waals surface area contributed by atoms with Crippen LogP contribution in [0.3, 0.4) is 0 Å². The minimum absolute atomic E-state index is 0.118. The lowest BCUT2D eigenvalue weighted by Gasteiger charge is -2.41. The highest BCUT2D eigenvalue weighted by atomic mass is 32.2. The van der Waals surface area contributed by atoms with Crippen LogP contribution in [-0.2, 0) is 24.1 Å². The van der Waals surface area contributed by atoms with E-state index in [1.165, 1.54) is 13.2 Å². The number of carbonyl (C=O) groups is 2. The van der Waals surface area contributed by atoms with E-state index in [1.54, 1.807) is 34.1 Å². The predicted octanol–water partition coefficient (Wildman–Crippen LogP) is 3.63. The van der Waals surface area contributed by atoms with Gasteiger partial charge >= 0.3 is 6.09 Å². The molecule has 2 heterocycles. The van der Waals surface area contributed by atoms with E-state index in [0.29, 0.717) is 49.5 Å². The van der Waals surface area contributed by atoms with Crippen molar-refractivity contribution in [3.63, 3.8) is 0 Å². The maximum atomic E-state index is 13.2. The largest absolute Gasteiger partial charge is 0.446 e. The number of hydrogen-bond donors (Lipinski definition) is 0. The van der Waals surface area contributed by atoms with E-state index in [-0.39, 0.29) is 22.9 Å². The first kappa shape index (κ1) is 23.3. The molecule has 1 atom stereocenters. The van der Waals surface area contributed by atoms with E-state index in [1.807, 2.05) is 25.1 Å². The Morgan fingerprint density at radius 1 is 1.03 bits per heavy atom. The summed E-state index contributed by atoms with van der Waals surface area (Å²) in [5, 5.41) is 0. The van der Waals surface area contributed by atoms with Gasteiger partial charge in [-0.3, -0.25) is 9.69 Å². The first-order valence-electron chi connectivity index (χ1n) is 11.0. The molecular weight excluding hydrogens is 444 g/mol. The summed E-state index contributed by atoms with van der Waals surface area (Å²) in [5.74, 6) is -0.118. The lowest BCUT2D eigenvalue weighted by atomic mass is 10.0. The molecule has 2 aliphatic heterocycles. The Hall–Kier alpha value is -2.91. The van der Waals surface area contributed by atoms with E-state index in [0.717, 1.165) is 5.56 Å². The number of nitrogens with zero attached hydrogens (tertiary/aromatic N) is 2. The van der Waals surface area contributed by atoms with Crippen molar-refractivity contribution in [3.05, 3.63) is 42.5 Å². The van der Waals surface area contributed by atoms with Crippen molar-refractivity contribution >= 4 is 33.2 Å². The van der Waals surface area contributed by atoms with Crippen LogP contribution in [0, 0.1) is 0 Å². The van der Waals surface area contributed by atoms with Crippen molar-refractivity contribution in [1.29, 1.82) is 0 Å². The molecule has 2 aliphatic rings. The van der Waals surface area contributed by atoms with Gasteiger partial charge in [-0.05, 0) is 42.3 Å². The van der Waals surface area contributed by atoms with Crippen molar-refractivity contribution < 1.29 is 27.5 Å². The topological polar surface area (TPSA) is 93.2 Å². The maximum Gasteiger partial charge on any atom is 0.414 e. The van der Waals surface area contributed by atoms with Crippen molar-refractivity contribution in [2.75, 3.05) is 35.8 Å². The first-order chi connectivity index (χ1) is 15.6. The molecule has 2 aromatic rings. The minimum atomic E-state index is -3.37. The summed E-state index contributed by atoms with van der Waals surface area (Å²) in [6.45, 7) is 4.80. The third-order valence-electron chi connectivity index (χ3n) is 6.00. The van der Waals surface area contributed by atoms with Crippen molar-refractivity contribution in [3.8, 4) is 11.1 Å². The number of anilines is 2. The second-order valence-corrected chi connectivity index (χ2v) is 10.6. The third kappa shape index (κ3) is 4.89. The van der Waals surface area contributed by atoms with Crippen LogP contribution in [0.5, 0.6) is 0 Å². The molecule has 4 rings (SSSR count). The molecule has 0 spiro atoms. The maximum absolute atomic E-state index is 13.2. The standard InChI is InChI=1S/C24H28N2O6S/c1-16-15-25(24(28)32-20-9-11-31-12-10-20)23-14-19(7-8-22(23)26(16)17(2)27)18-5-4-6-21(13-18)33(3,29)30/h4-8,13-14,16,20H,9-12,15H2,1-3H3/t16-/m0/s1. The summed E-state index contributed by atoms with van der Waals surface area (Å²) >= 11 is 0. The van der Waals surface area contributed by atoms with Gasteiger partial charge in [-0.2, -0.15) is 0 Å². The van der Waals surface area contributed by atoms with Gasteiger partial charge in [0.25, 0.3) is 0 Å². The lowest BCUT2D eigenvalue weighted by Crippen LogP contribution is -2.52. The van der Waals surface area contributed by atoms with Crippen LogP contribution in [-0.4, -0.2) is 58.6 Å². The Morgan fingerprint density at radius 3 is 2.39 bits per heavy atom. The Labute approximate surface area is 194 Å². The molecule has 8 nitrogen and oxygen atoms in total. The lowest BCUT2D eigenvalue weighted by molar-refractivity contribution is -0.117. The zero-order chi connectivity index (χ0) is 23.8. The van der Waals surface area contributed by atoms with E-state index in [9.17, 15) is 18.0 Å². The van der Waals surface area contributed by atoms with Crippen LogP contribution in [0.1, 0.15) is 26.7 Å². The number of sulfone groups is 1. The Bertz CT molecular complexity index is 1170. The van der Waals surface area contributed by atoms with E-state index in [2.05, 4.69) is 0 Å². The summed E-state index contributed by atoms with van der Waals surface area (Å²) in [5.41, 5.74) is 2.61. The smallest absolute Gasteiger partial charge is 0.414 e. The third-order valence-corrected chi connectivity index (χ3v) is 7.11. The molecule has 176 valence electrons. The molecule has 0 N–H and O–H groups in total. The van der Waals surface area contributed by atoms with Gasteiger partial charge in [-0.15, -0.1) is 0 Å². The fourth-order valence-corrected chi connectivity index (χ4v) is 5.03. The summed E-state index contributed by atoms with van der Waals surface area (Å²) in [7, 11) is -3.37. The molecule has 0 unspecified atom stereocenters. The van der Waals surface area contributed by atoms with Crippen LogP contribution in [0.25, 0.3) is 11.1 Å². The second-order valence-electron chi connectivity index (χ2n) is 8.55. The van der Waals surface area contributed by atoms with Crippen LogP contribution < -0.4 is 9.80 Å². The summed E-state index contributed by atoms with van der Waals surface area (Å²) in [4.78, 5) is 29.0. The molecule has 1 fully saturated rings. The molecule has 33 heavy (non-hydrogen) atoms. The Balaban J connectivity index is 1.74. The van der Waals surface area contributed by atoms with Gasteiger partial charge < -0.3 is 14.4 Å². The molecule has 2 aromatic carbocycles. The van der Waals surface area contributed by atoms with Gasteiger partial charge in [0.1, 0.15) is 6.10 Å². The Morgan fingerprint density at radius 2 is 1.73 bits per heavy atom. The van der Waals surface area contributed by atoms with Crippen molar-refractivity contribution in [2.24, 2.45) is 0 Å². The molecular formula is C24H28N2O6S. The molecule has 0 aromatic heterocycles. The number of rotatable bonds is 3. The average Bonchev–Trinajstić information content (AvgIpc) is 2.78. The van der Waals surface area contributed by atoms with Crippen LogP contribution in [0.4, 0.5) is 16.2 Å². The predicted molar refractivity (Wildman–Crippen MR) is 125 cm³/mol. The summed E-state index contributed by atoms with van der Waals surface area (Å²) in [6.07, 6.45) is 1.81. The van der Waals surface area contributed by atoms with Crippen LogP contribution in [0.15, 0.2) is 47.4 Å². The van der Waals surface area contributed by atoms with E-state index in [4.69, 9.17) is 9.47 Å². The Kier molecular flexibility index (Phi) is 6.45. The van der Waals surface area contributed by atoms with Crippen molar-refractivity contribution in [1.82, 2.24) is 0 Å². The molecule has 0 aliphatic carbocycles. The monoisotopic (exact) mass is 472 g/mol. The van der Waals surface area contributed by atoms with Gasteiger partial charge in [-0.1, -0.05) is 18.2 Å². The molecule has 1 saturated heterocycles. The normalized spacial score (nSPS) is 19.2. The van der Waals surface area contributed by atoms with Gasteiger partial charge in [-0.25, -0.2) is 13.2 Å². The number of hydrogen-bond acceptors (Lipinski definition) is 6. The number of fused-ring (bicyclic) bond motifs is 1. The van der Waals surface area contributed by atoms with Gasteiger partial charge in [0.05, 0.1) is 35.5 Å². The number of benzene rings is 2. The highest BCUT2D eigenvalue weighted by Gasteiger charge is 2.35. The highest BCUT2D eigenvalue weighted by Crippen LogP contribution is 2.39. The van der Waals surface area contributed by atoms with E-state index >= 15 is 0 Å². The summed E-state index contributed by atoms with van der Waals surface area (Å²) in [6, 6.07) is 11.9. The van der Waals surface area contributed by atoms with Crippen LogP contribution in [0.2, 0.25) is 0 Å². The zero-order valence-electron chi connectivity index (χ0n) is 19.0. The fraction of sp³-hybridized carbons (Fsp3) is 0.417. The van der Waals surface area contributed by atoms with Gasteiger partial charge in [0, 0.05) is 32.6 Å². The fourth-order valence-electron chi connectivity index (χ4n) is 4.36. The number of carbonyl (C=O) groups excluding carboxylic acids is 2. The summed E-state index contributed by atoms with van der Waals surface area (Å²) < 4.78 is 35.1. The average molecular weight is 473 g/mol. The quantitative estimate of drug-likeness (QED) is 0.677. The number of amides is 2. The number of ether oxygens (including phenoxy) is 2. The molecule has 2 amide bonds. The highest BCUT2D eigenvalue weighted by molar-refractivity contribution is 7.90. The molecule has 9 heteroatoms. The minimum Gasteiger partial charge on any atom is -0.446 e. The van der Waals surface area contributed by atoms with Crippen LogP contribution >= 0.6 is 0 Å². The van der Waals surface area contributed by atoms with Gasteiger partial charge in [0.15, 0.2) is 9.84 Å². The molecule has 0 bridgehead atoms. The molecule has 0 radical (unpaired) electrons. The molecule has 0 saturated carbocycles. The zero-order valence-corrected chi connectivity index (χ0v) is 19.8. The van der Waals surface area contributed by atoms with E-state index < -0.39 is 15.9 Å². The second kappa shape index (κ2) is 9.15.